The van der Waals surface area contributed by atoms with Crippen LogP contribution in [-0.4, -0.2) is 60.5 Å². The maximum Gasteiger partial charge on any atom is 0.222 e. The maximum atomic E-state index is 12.4. The van der Waals surface area contributed by atoms with Crippen LogP contribution in [0.2, 0.25) is 0 Å². The zero-order valence-corrected chi connectivity index (χ0v) is 15.6. The summed E-state index contributed by atoms with van der Waals surface area (Å²) in [5, 5.41) is 1.25. The van der Waals surface area contributed by atoms with Crippen molar-refractivity contribution in [3.63, 3.8) is 0 Å². The van der Waals surface area contributed by atoms with Gasteiger partial charge in [0.05, 0.1) is 6.26 Å². The van der Waals surface area contributed by atoms with Crippen LogP contribution in [0, 0.1) is 0 Å². The first-order valence-electron chi connectivity index (χ1n) is 8.62. The molecule has 0 N–H and O–H groups in total. The van der Waals surface area contributed by atoms with E-state index in [1.54, 1.807) is 4.90 Å². The van der Waals surface area contributed by atoms with Crippen molar-refractivity contribution in [2.75, 3.05) is 32.4 Å². The van der Waals surface area contributed by atoms with E-state index in [2.05, 4.69) is 22.9 Å². The lowest BCUT2D eigenvalue weighted by atomic mass is 10.1. The van der Waals surface area contributed by atoms with Gasteiger partial charge >= 0.3 is 0 Å². The maximum absolute atomic E-state index is 12.4. The molecule has 0 bridgehead atoms. The summed E-state index contributed by atoms with van der Waals surface area (Å²) in [5.74, 6) is 0.119. The van der Waals surface area contributed by atoms with Crippen LogP contribution < -0.4 is 0 Å². The Morgan fingerprint density at radius 1 is 1.12 bits per heavy atom. The molecule has 25 heavy (non-hydrogen) atoms. The molecule has 136 valence electrons. The van der Waals surface area contributed by atoms with Gasteiger partial charge in [0, 0.05) is 56.7 Å². The van der Waals surface area contributed by atoms with Crippen LogP contribution in [0.5, 0.6) is 0 Å². The molecule has 7 heteroatoms. The molecule has 1 aliphatic rings. The number of piperazine rings is 1. The number of amides is 1. The standard InChI is InChI=1S/C18H25N3O3S/c1-19-14-15(16-7-3-4-8-17(16)19)6-5-9-18(22)20-10-12-21(13-11-20)25(2,23)24/h3-4,7-8,14H,5-6,9-13H2,1-2H3. The number of carbonyl (C=O) groups is 1. The Hall–Kier alpha value is -1.86. The third-order valence-electron chi connectivity index (χ3n) is 4.88. The Bertz CT molecular complexity index is 865. The SMILES string of the molecule is Cn1cc(CCCC(=O)N2CCN(S(C)(=O)=O)CC2)c2ccccc21. The minimum absolute atomic E-state index is 0.119. The predicted octanol–water partition coefficient (Wildman–Crippen LogP) is 1.60. The molecule has 3 rings (SSSR count). The Labute approximate surface area is 149 Å². The number of benzene rings is 1. The molecule has 1 saturated heterocycles. The molecule has 2 heterocycles. The first-order valence-corrected chi connectivity index (χ1v) is 10.5. The fraction of sp³-hybridized carbons (Fsp3) is 0.500. The van der Waals surface area contributed by atoms with E-state index in [0.29, 0.717) is 32.6 Å². The van der Waals surface area contributed by atoms with Crippen LogP contribution in [0.1, 0.15) is 18.4 Å². The smallest absolute Gasteiger partial charge is 0.222 e. The van der Waals surface area contributed by atoms with Gasteiger partial charge in [0.2, 0.25) is 15.9 Å². The van der Waals surface area contributed by atoms with Crippen molar-refractivity contribution in [1.29, 1.82) is 0 Å². The van der Waals surface area contributed by atoms with Gasteiger partial charge in [-0.25, -0.2) is 8.42 Å². The number of aryl methyl sites for hydroxylation is 2. The van der Waals surface area contributed by atoms with Crippen LogP contribution in [0.4, 0.5) is 0 Å². The van der Waals surface area contributed by atoms with Gasteiger partial charge in [-0.15, -0.1) is 0 Å². The highest BCUT2D eigenvalue weighted by atomic mass is 32.2. The highest BCUT2D eigenvalue weighted by Gasteiger charge is 2.25. The van der Waals surface area contributed by atoms with E-state index < -0.39 is 10.0 Å². The van der Waals surface area contributed by atoms with E-state index >= 15 is 0 Å². The molecule has 0 radical (unpaired) electrons. The third kappa shape index (κ3) is 4.04. The fourth-order valence-electron chi connectivity index (χ4n) is 3.48. The van der Waals surface area contributed by atoms with Crippen LogP contribution in [-0.2, 0) is 28.3 Å². The summed E-state index contributed by atoms with van der Waals surface area (Å²) < 4.78 is 26.6. The highest BCUT2D eigenvalue weighted by molar-refractivity contribution is 7.88. The van der Waals surface area contributed by atoms with Crippen molar-refractivity contribution in [3.05, 3.63) is 36.0 Å². The second kappa shape index (κ2) is 7.17. The van der Waals surface area contributed by atoms with Gasteiger partial charge in [-0.1, -0.05) is 18.2 Å². The van der Waals surface area contributed by atoms with Gasteiger partial charge in [0.1, 0.15) is 0 Å². The molecule has 1 amide bonds. The van der Waals surface area contributed by atoms with Gasteiger partial charge in [-0.05, 0) is 24.5 Å². The zero-order valence-electron chi connectivity index (χ0n) is 14.8. The molecule has 1 fully saturated rings. The largest absolute Gasteiger partial charge is 0.350 e. The molecule has 0 saturated carbocycles. The summed E-state index contributed by atoms with van der Waals surface area (Å²) in [6.07, 6.45) is 5.53. The Kier molecular flexibility index (Phi) is 5.15. The third-order valence-corrected chi connectivity index (χ3v) is 6.18. The Balaban J connectivity index is 1.51. The van der Waals surface area contributed by atoms with E-state index in [0.717, 1.165) is 12.8 Å². The molecule has 1 aliphatic heterocycles. The quantitative estimate of drug-likeness (QED) is 0.811. The molecule has 0 spiro atoms. The number of hydrogen-bond acceptors (Lipinski definition) is 3. The number of aromatic nitrogens is 1. The molecule has 1 aromatic carbocycles. The summed E-state index contributed by atoms with van der Waals surface area (Å²) >= 11 is 0. The fourth-order valence-corrected chi connectivity index (χ4v) is 4.31. The topological polar surface area (TPSA) is 62.6 Å². The van der Waals surface area contributed by atoms with Crippen molar-refractivity contribution in [2.24, 2.45) is 7.05 Å². The molecular weight excluding hydrogens is 338 g/mol. The van der Waals surface area contributed by atoms with Crippen molar-refractivity contribution >= 4 is 26.8 Å². The molecule has 0 atom stereocenters. The number of nitrogens with zero attached hydrogens (tertiary/aromatic N) is 3. The summed E-state index contributed by atoms with van der Waals surface area (Å²) in [7, 11) is -1.11. The lowest BCUT2D eigenvalue weighted by Crippen LogP contribution is -2.50. The summed E-state index contributed by atoms with van der Waals surface area (Å²) in [6, 6.07) is 8.30. The summed E-state index contributed by atoms with van der Waals surface area (Å²) in [4.78, 5) is 14.1. The molecular formula is C18H25N3O3S. The van der Waals surface area contributed by atoms with Crippen molar-refractivity contribution in [2.45, 2.75) is 19.3 Å². The lowest BCUT2D eigenvalue weighted by Gasteiger charge is -2.33. The first kappa shape index (κ1) is 17.9. The number of sulfonamides is 1. The van der Waals surface area contributed by atoms with E-state index in [1.165, 1.54) is 27.0 Å². The van der Waals surface area contributed by atoms with Gasteiger partial charge in [0.15, 0.2) is 0 Å². The molecule has 0 aliphatic carbocycles. The van der Waals surface area contributed by atoms with Crippen LogP contribution in [0.3, 0.4) is 0 Å². The van der Waals surface area contributed by atoms with E-state index in [-0.39, 0.29) is 5.91 Å². The van der Waals surface area contributed by atoms with E-state index in [9.17, 15) is 13.2 Å². The van der Waals surface area contributed by atoms with Gasteiger partial charge in [0.25, 0.3) is 0 Å². The van der Waals surface area contributed by atoms with E-state index in [1.807, 2.05) is 19.2 Å². The van der Waals surface area contributed by atoms with Crippen molar-refractivity contribution < 1.29 is 13.2 Å². The normalized spacial score (nSPS) is 16.5. The molecule has 1 aromatic heterocycles. The van der Waals surface area contributed by atoms with E-state index in [4.69, 9.17) is 0 Å². The second-order valence-electron chi connectivity index (χ2n) is 6.68. The Morgan fingerprint density at radius 3 is 2.48 bits per heavy atom. The molecule has 2 aromatic rings. The van der Waals surface area contributed by atoms with Crippen molar-refractivity contribution in [1.82, 2.24) is 13.8 Å². The minimum atomic E-state index is -3.15. The Morgan fingerprint density at radius 2 is 1.80 bits per heavy atom. The predicted molar refractivity (Wildman–Crippen MR) is 98.9 cm³/mol. The zero-order chi connectivity index (χ0) is 18.0. The number of carbonyl (C=O) groups excluding carboxylic acids is 1. The van der Waals surface area contributed by atoms with Gasteiger partial charge in [-0.2, -0.15) is 4.31 Å². The van der Waals surface area contributed by atoms with Gasteiger partial charge < -0.3 is 9.47 Å². The summed E-state index contributed by atoms with van der Waals surface area (Å²) in [6.45, 7) is 1.77. The van der Waals surface area contributed by atoms with Crippen LogP contribution in [0.15, 0.2) is 30.5 Å². The molecule has 0 unspecified atom stereocenters. The number of fused-ring (bicyclic) bond motifs is 1. The minimum Gasteiger partial charge on any atom is -0.350 e. The summed E-state index contributed by atoms with van der Waals surface area (Å²) in [5.41, 5.74) is 2.48. The second-order valence-corrected chi connectivity index (χ2v) is 8.66. The monoisotopic (exact) mass is 363 g/mol. The average Bonchev–Trinajstić information content (AvgIpc) is 2.91. The van der Waals surface area contributed by atoms with Crippen molar-refractivity contribution in [3.8, 4) is 0 Å². The van der Waals surface area contributed by atoms with Crippen LogP contribution in [0.25, 0.3) is 10.9 Å². The lowest BCUT2D eigenvalue weighted by molar-refractivity contribution is -0.132. The number of rotatable bonds is 5. The van der Waals surface area contributed by atoms with Gasteiger partial charge in [-0.3, -0.25) is 4.79 Å². The average molecular weight is 363 g/mol. The highest BCUT2D eigenvalue weighted by Crippen LogP contribution is 2.22. The molecule has 6 nitrogen and oxygen atoms in total. The van der Waals surface area contributed by atoms with Crippen LogP contribution >= 0.6 is 0 Å². The first-order chi connectivity index (χ1) is 11.9. The number of hydrogen-bond donors (Lipinski definition) is 0. The number of para-hydroxylation sites is 1.